The van der Waals surface area contributed by atoms with Crippen LogP contribution in [0.3, 0.4) is 0 Å². The van der Waals surface area contributed by atoms with Gasteiger partial charge in [-0.2, -0.15) is 0 Å². The summed E-state index contributed by atoms with van der Waals surface area (Å²) >= 11 is 0. The topological polar surface area (TPSA) is 51.2 Å². The summed E-state index contributed by atoms with van der Waals surface area (Å²) in [5.41, 5.74) is 0.876. The Hall–Kier alpha value is -1.51. The maximum Gasteiger partial charge on any atom is 0.193 e. The number of carbonyl (C=O) groups is 3. The minimum absolute atomic E-state index is 0.0204. The zero-order valence-corrected chi connectivity index (χ0v) is 14.8. The minimum Gasteiger partial charge on any atom is -0.294 e. The molecular weight excluding hydrogens is 288 g/mol. The molecule has 23 heavy (non-hydrogen) atoms. The molecule has 3 aliphatic carbocycles. The summed E-state index contributed by atoms with van der Waals surface area (Å²) in [6, 6.07) is 0. The van der Waals surface area contributed by atoms with E-state index >= 15 is 0 Å². The Morgan fingerprint density at radius 2 is 1.74 bits per heavy atom. The van der Waals surface area contributed by atoms with Gasteiger partial charge in [-0.3, -0.25) is 14.4 Å². The molecule has 0 bridgehead atoms. The molecule has 0 aromatic carbocycles. The molecule has 0 aliphatic heterocycles. The average Bonchev–Trinajstić information content (AvgIpc) is 2.43. The lowest BCUT2D eigenvalue weighted by Crippen LogP contribution is -2.51. The van der Waals surface area contributed by atoms with E-state index in [1.165, 1.54) is 6.08 Å². The highest BCUT2D eigenvalue weighted by Gasteiger charge is 2.56. The first-order valence-electron chi connectivity index (χ1n) is 8.68. The first-order valence-corrected chi connectivity index (χ1v) is 8.68. The highest BCUT2D eigenvalue weighted by molar-refractivity contribution is 6.35. The molecule has 3 heteroatoms. The molecule has 124 valence electrons. The zero-order valence-electron chi connectivity index (χ0n) is 14.8. The lowest BCUT2D eigenvalue weighted by molar-refractivity contribution is -0.129. The van der Waals surface area contributed by atoms with Crippen LogP contribution in [0, 0.1) is 22.7 Å². The van der Waals surface area contributed by atoms with Crippen LogP contribution in [-0.2, 0) is 14.4 Å². The average molecular weight is 314 g/mol. The first kappa shape index (κ1) is 16.4. The molecule has 3 rings (SSSR count). The molecule has 0 unspecified atom stereocenters. The van der Waals surface area contributed by atoms with E-state index in [1.807, 2.05) is 13.8 Å². The molecule has 1 saturated carbocycles. The largest absolute Gasteiger partial charge is 0.294 e. The van der Waals surface area contributed by atoms with Gasteiger partial charge in [-0.15, -0.1) is 0 Å². The fourth-order valence-electron chi connectivity index (χ4n) is 5.13. The molecule has 0 N–H and O–H groups in total. The van der Waals surface area contributed by atoms with Crippen molar-refractivity contribution in [1.29, 1.82) is 0 Å². The Labute approximate surface area is 138 Å². The number of carbonyl (C=O) groups excluding carboxylic acids is 3. The molecule has 0 aromatic rings. The second-order valence-corrected chi connectivity index (χ2v) is 8.64. The van der Waals surface area contributed by atoms with Gasteiger partial charge in [0.25, 0.3) is 0 Å². The summed E-state index contributed by atoms with van der Waals surface area (Å²) in [5.74, 6) is -0.339. The van der Waals surface area contributed by atoms with E-state index in [9.17, 15) is 14.4 Å². The van der Waals surface area contributed by atoms with Crippen LogP contribution < -0.4 is 0 Å². The van der Waals surface area contributed by atoms with Gasteiger partial charge in [0.15, 0.2) is 17.3 Å². The molecule has 3 aliphatic rings. The van der Waals surface area contributed by atoms with Crippen LogP contribution in [0.5, 0.6) is 0 Å². The fraction of sp³-hybridized carbons (Fsp3) is 0.650. The molecule has 0 amide bonds. The lowest BCUT2D eigenvalue weighted by Gasteiger charge is -2.54. The highest BCUT2D eigenvalue weighted by atomic mass is 16.2. The van der Waals surface area contributed by atoms with Gasteiger partial charge in [-0.05, 0) is 36.2 Å². The summed E-state index contributed by atoms with van der Waals surface area (Å²) in [6.45, 7) is 10.3. The highest BCUT2D eigenvalue weighted by Crippen LogP contribution is 2.59. The number of Topliss-reactive ketones (excluding diaryl/α,β-unsaturated/α-hetero) is 2. The number of hydrogen-bond acceptors (Lipinski definition) is 3. The first-order chi connectivity index (χ1) is 10.6. The molecular formula is C20H26O3. The third kappa shape index (κ3) is 2.20. The molecule has 0 radical (unpaired) electrons. The van der Waals surface area contributed by atoms with Gasteiger partial charge >= 0.3 is 0 Å². The number of fused-ring (bicyclic) bond motifs is 2. The van der Waals surface area contributed by atoms with Crippen molar-refractivity contribution in [3.8, 4) is 0 Å². The monoisotopic (exact) mass is 314 g/mol. The summed E-state index contributed by atoms with van der Waals surface area (Å²) in [7, 11) is 0. The second kappa shape index (κ2) is 4.99. The van der Waals surface area contributed by atoms with Crippen LogP contribution >= 0.6 is 0 Å². The molecule has 1 fully saturated rings. The van der Waals surface area contributed by atoms with Crippen molar-refractivity contribution in [2.24, 2.45) is 22.7 Å². The predicted octanol–water partition coefficient (Wildman–Crippen LogP) is 3.82. The van der Waals surface area contributed by atoms with Gasteiger partial charge in [-0.25, -0.2) is 0 Å². The SMILES string of the molecule is CC(C)C1=CC(=O)C2=C(C(=O)C[C@H]3C(C)(C)CCC[C@]23C)C1=O. The smallest absolute Gasteiger partial charge is 0.193 e. The van der Waals surface area contributed by atoms with Gasteiger partial charge in [-0.1, -0.05) is 41.0 Å². The van der Waals surface area contributed by atoms with Gasteiger partial charge in [0, 0.05) is 23.0 Å². The van der Waals surface area contributed by atoms with Crippen LogP contribution in [0.25, 0.3) is 0 Å². The van der Waals surface area contributed by atoms with Crippen LogP contribution in [0.4, 0.5) is 0 Å². The van der Waals surface area contributed by atoms with E-state index in [0.717, 1.165) is 19.3 Å². The van der Waals surface area contributed by atoms with Crippen LogP contribution in [0.15, 0.2) is 22.8 Å². The molecule has 0 aromatic heterocycles. The second-order valence-electron chi connectivity index (χ2n) is 8.64. The van der Waals surface area contributed by atoms with Crippen LogP contribution in [0.2, 0.25) is 0 Å². The Morgan fingerprint density at radius 3 is 2.35 bits per heavy atom. The Balaban J connectivity index is 2.19. The zero-order chi connectivity index (χ0) is 17.2. The maximum atomic E-state index is 12.9. The van der Waals surface area contributed by atoms with Crippen molar-refractivity contribution >= 4 is 17.3 Å². The van der Waals surface area contributed by atoms with Gasteiger partial charge in [0.05, 0.1) is 5.57 Å². The number of allylic oxidation sites excluding steroid dienone is 4. The van der Waals surface area contributed by atoms with Gasteiger partial charge < -0.3 is 0 Å². The van der Waals surface area contributed by atoms with Crippen molar-refractivity contribution in [3.05, 3.63) is 22.8 Å². The fourth-order valence-corrected chi connectivity index (χ4v) is 5.13. The number of ketones is 3. The maximum absolute atomic E-state index is 12.9. The van der Waals surface area contributed by atoms with E-state index in [0.29, 0.717) is 17.6 Å². The van der Waals surface area contributed by atoms with E-state index in [-0.39, 0.29) is 45.6 Å². The Kier molecular flexibility index (Phi) is 3.55. The number of hydrogen-bond donors (Lipinski definition) is 0. The van der Waals surface area contributed by atoms with Gasteiger partial charge in [0.2, 0.25) is 0 Å². The summed E-state index contributed by atoms with van der Waals surface area (Å²) < 4.78 is 0. The lowest BCUT2D eigenvalue weighted by atomic mass is 9.48. The quantitative estimate of drug-likeness (QED) is 0.546. The van der Waals surface area contributed by atoms with E-state index in [2.05, 4.69) is 20.8 Å². The van der Waals surface area contributed by atoms with Crippen molar-refractivity contribution < 1.29 is 14.4 Å². The van der Waals surface area contributed by atoms with E-state index in [4.69, 9.17) is 0 Å². The van der Waals surface area contributed by atoms with Crippen molar-refractivity contribution in [3.63, 3.8) is 0 Å². The molecule has 0 spiro atoms. The summed E-state index contributed by atoms with van der Waals surface area (Å²) in [4.78, 5) is 38.5. The van der Waals surface area contributed by atoms with E-state index in [1.54, 1.807) is 0 Å². The van der Waals surface area contributed by atoms with Crippen LogP contribution in [-0.4, -0.2) is 17.3 Å². The van der Waals surface area contributed by atoms with Crippen LogP contribution in [0.1, 0.15) is 60.3 Å². The van der Waals surface area contributed by atoms with Crippen molar-refractivity contribution in [1.82, 2.24) is 0 Å². The van der Waals surface area contributed by atoms with Crippen molar-refractivity contribution in [2.75, 3.05) is 0 Å². The number of rotatable bonds is 1. The molecule has 0 saturated heterocycles. The normalized spacial score (nSPS) is 33.6. The van der Waals surface area contributed by atoms with E-state index < -0.39 is 0 Å². The third-order valence-corrected chi connectivity index (χ3v) is 6.36. The van der Waals surface area contributed by atoms with Gasteiger partial charge in [0.1, 0.15) is 0 Å². The predicted molar refractivity (Wildman–Crippen MR) is 88.8 cm³/mol. The standard InChI is InChI=1S/C20H26O3/c1-11(2)12-9-14(22)17-16(18(12)23)13(21)10-15-19(3,4)7-6-8-20(15,17)5/h9,11,15H,6-8,10H2,1-5H3/t15-,20-/m0/s1. The minimum atomic E-state index is -0.350. The van der Waals surface area contributed by atoms with Crippen molar-refractivity contribution in [2.45, 2.75) is 60.3 Å². The molecule has 0 heterocycles. The summed E-state index contributed by atoms with van der Waals surface area (Å²) in [5, 5.41) is 0. The Bertz CT molecular complexity index is 675. The summed E-state index contributed by atoms with van der Waals surface area (Å²) in [6.07, 6.45) is 4.88. The molecule has 2 atom stereocenters. The molecule has 3 nitrogen and oxygen atoms in total. The Morgan fingerprint density at radius 1 is 1.09 bits per heavy atom. The third-order valence-electron chi connectivity index (χ3n) is 6.36.